The monoisotopic (exact) mass is 196 g/mol. The largest absolute Gasteiger partial charge is 0.392 e. The number of rotatable bonds is 5. The summed E-state index contributed by atoms with van der Waals surface area (Å²) in [6.07, 6.45) is 0. The van der Waals surface area contributed by atoms with Crippen LogP contribution in [-0.4, -0.2) is 30.4 Å². The highest BCUT2D eigenvalue weighted by atomic mass is 16.5. The number of ether oxygens (including phenoxy) is 1. The Morgan fingerprint density at radius 3 is 2.86 bits per heavy atom. The SMILES string of the molecule is COCCNc1ccc(CO)c(C)n1. The molecule has 0 saturated heterocycles. The average Bonchev–Trinajstić information content (AvgIpc) is 2.18. The minimum atomic E-state index is 0.0389. The number of nitrogens with zero attached hydrogens (tertiary/aromatic N) is 1. The van der Waals surface area contributed by atoms with E-state index in [1.165, 1.54) is 0 Å². The molecular formula is C10H16N2O2. The van der Waals surface area contributed by atoms with Gasteiger partial charge in [-0.2, -0.15) is 0 Å². The Bertz CT molecular complexity index is 289. The van der Waals surface area contributed by atoms with Crippen molar-refractivity contribution in [3.05, 3.63) is 23.4 Å². The quantitative estimate of drug-likeness (QED) is 0.688. The summed E-state index contributed by atoms with van der Waals surface area (Å²) in [6, 6.07) is 3.73. The number of aromatic nitrogens is 1. The zero-order valence-corrected chi connectivity index (χ0v) is 8.58. The van der Waals surface area contributed by atoms with E-state index in [1.54, 1.807) is 7.11 Å². The molecule has 1 aromatic rings. The molecular weight excluding hydrogens is 180 g/mol. The first kappa shape index (κ1) is 10.9. The molecule has 0 atom stereocenters. The maximum absolute atomic E-state index is 8.94. The summed E-state index contributed by atoms with van der Waals surface area (Å²) in [5.41, 5.74) is 1.72. The summed E-state index contributed by atoms with van der Waals surface area (Å²) in [5, 5.41) is 12.1. The summed E-state index contributed by atoms with van der Waals surface area (Å²) < 4.78 is 4.91. The van der Waals surface area contributed by atoms with E-state index >= 15 is 0 Å². The van der Waals surface area contributed by atoms with Crippen LogP contribution in [0.4, 0.5) is 5.82 Å². The van der Waals surface area contributed by atoms with Crippen LogP contribution in [0.1, 0.15) is 11.3 Å². The lowest BCUT2D eigenvalue weighted by Crippen LogP contribution is -2.09. The third kappa shape index (κ3) is 2.97. The van der Waals surface area contributed by atoms with Gasteiger partial charge in [-0.25, -0.2) is 4.98 Å². The Labute approximate surface area is 83.9 Å². The number of aliphatic hydroxyl groups is 1. The first-order valence-corrected chi connectivity index (χ1v) is 4.58. The Morgan fingerprint density at radius 1 is 1.50 bits per heavy atom. The van der Waals surface area contributed by atoms with Gasteiger partial charge in [0.05, 0.1) is 13.2 Å². The van der Waals surface area contributed by atoms with Gasteiger partial charge in [0.1, 0.15) is 5.82 Å². The molecule has 0 amide bonds. The van der Waals surface area contributed by atoms with E-state index in [0.717, 1.165) is 23.6 Å². The van der Waals surface area contributed by atoms with Crippen molar-refractivity contribution in [2.45, 2.75) is 13.5 Å². The van der Waals surface area contributed by atoms with E-state index in [9.17, 15) is 0 Å². The molecule has 0 unspecified atom stereocenters. The number of methoxy groups -OCH3 is 1. The van der Waals surface area contributed by atoms with Crippen LogP contribution in [0.15, 0.2) is 12.1 Å². The van der Waals surface area contributed by atoms with Gasteiger partial charge < -0.3 is 15.2 Å². The van der Waals surface area contributed by atoms with Gasteiger partial charge in [-0.15, -0.1) is 0 Å². The maximum atomic E-state index is 8.94. The highest BCUT2D eigenvalue weighted by Gasteiger charge is 1.99. The third-order valence-corrected chi connectivity index (χ3v) is 1.98. The van der Waals surface area contributed by atoms with Crippen LogP contribution in [-0.2, 0) is 11.3 Å². The van der Waals surface area contributed by atoms with Crippen molar-refractivity contribution in [3.63, 3.8) is 0 Å². The summed E-state index contributed by atoms with van der Waals surface area (Å²) in [6.45, 7) is 3.31. The zero-order chi connectivity index (χ0) is 10.4. The Balaban J connectivity index is 2.57. The zero-order valence-electron chi connectivity index (χ0n) is 8.58. The summed E-state index contributed by atoms with van der Waals surface area (Å²) in [7, 11) is 1.66. The number of nitrogens with one attached hydrogen (secondary N) is 1. The molecule has 4 nitrogen and oxygen atoms in total. The van der Waals surface area contributed by atoms with E-state index in [-0.39, 0.29) is 6.61 Å². The lowest BCUT2D eigenvalue weighted by Gasteiger charge is -2.07. The Hall–Kier alpha value is -1.13. The highest BCUT2D eigenvalue weighted by Crippen LogP contribution is 2.09. The van der Waals surface area contributed by atoms with Crippen molar-refractivity contribution >= 4 is 5.82 Å². The van der Waals surface area contributed by atoms with Crippen molar-refractivity contribution in [1.82, 2.24) is 4.98 Å². The van der Waals surface area contributed by atoms with E-state index < -0.39 is 0 Å². The summed E-state index contributed by atoms with van der Waals surface area (Å²) in [4.78, 5) is 4.29. The van der Waals surface area contributed by atoms with Crippen LogP contribution in [0.3, 0.4) is 0 Å². The maximum Gasteiger partial charge on any atom is 0.126 e. The van der Waals surface area contributed by atoms with Crippen LogP contribution in [0.2, 0.25) is 0 Å². The van der Waals surface area contributed by atoms with Crippen LogP contribution in [0, 0.1) is 6.92 Å². The fourth-order valence-electron chi connectivity index (χ4n) is 1.14. The summed E-state index contributed by atoms with van der Waals surface area (Å²) in [5.74, 6) is 0.816. The second kappa shape index (κ2) is 5.57. The molecule has 0 fully saturated rings. The van der Waals surface area contributed by atoms with Crippen molar-refractivity contribution in [3.8, 4) is 0 Å². The Kier molecular flexibility index (Phi) is 4.35. The molecule has 0 saturated carbocycles. The molecule has 14 heavy (non-hydrogen) atoms. The molecule has 1 rings (SSSR count). The molecule has 4 heteroatoms. The van der Waals surface area contributed by atoms with E-state index in [2.05, 4.69) is 10.3 Å². The Morgan fingerprint density at radius 2 is 2.29 bits per heavy atom. The third-order valence-electron chi connectivity index (χ3n) is 1.98. The van der Waals surface area contributed by atoms with E-state index in [0.29, 0.717) is 6.61 Å². The second-order valence-electron chi connectivity index (χ2n) is 3.02. The normalized spacial score (nSPS) is 10.2. The summed E-state index contributed by atoms with van der Waals surface area (Å²) >= 11 is 0. The first-order chi connectivity index (χ1) is 6.77. The van der Waals surface area contributed by atoms with Crippen molar-refractivity contribution < 1.29 is 9.84 Å². The van der Waals surface area contributed by atoms with Crippen LogP contribution >= 0.6 is 0 Å². The van der Waals surface area contributed by atoms with Gasteiger partial charge in [-0.1, -0.05) is 6.07 Å². The van der Waals surface area contributed by atoms with Gasteiger partial charge in [-0.05, 0) is 18.6 Å². The van der Waals surface area contributed by atoms with Crippen molar-refractivity contribution in [2.24, 2.45) is 0 Å². The number of aryl methyl sites for hydroxylation is 1. The highest BCUT2D eigenvalue weighted by molar-refractivity contribution is 5.38. The number of hydrogen-bond donors (Lipinski definition) is 2. The van der Waals surface area contributed by atoms with Gasteiger partial charge in [0.25, 0.3) is 0 Å². The van der Waals surface area contributed by atoms with E-state index in [4.69, 9.17) is 9.84 Å². The van der Waals surface area contributed by atoms with Gasteiger partial charge in [-0.3, -0.25) is 0 Å². The smallest absolute Gasteiger partial charge is 0.126 e. The minimum Gasteiger partial charge on any atom is -0.392 e. The van der Waals surface area contributed by atoms with Gasteiger partial charge in [0.15, 0.2) is 0 Å². The fraction of sp³-hybridized carbons (Fsp3) is 0.500. The average molecular weight is 196 g/mol. The van der Waals surface area contributed by atoms with Crippen molar-refractivity contribution in [2.75, 3.05) is 25.6 Å². The molecule has 2 N–H and O–H groups in total. The van der Waals surface area contributed by atoms with Gasteiger partial charge in [0, 0.05) is 19.3 Å². The molecule has 0 spiro atoms. The van der Waals surface area contributed by atoms with E-state index in [1.807, 2.05) is 19.1 Å². The van der Waals surface area contributed by atoms with Crippen LogP contribution < -0.4 is 5.32 Å². The minimum absolute atomic E-state index is 0.0389. The fourth-order valence-corrected chi connectivity index (χ4v) is 1.14. The molecule has 1 heterocycles. The molecule has 0 bridgehead atoms. The topological polar surface area (TPSA) is 54.4 Å². The predicted octanol–water partition coefficient (Wildman–Crippen LogP) is 0.941. The lowest BCUT2D eigenvalue weighted by atomic mass is 10.2. The molecule has 1 aromatic heterocycles. The van der Waals surface area contributed by atoms with Crippen molar-refractivity contribution in [1.29, 1.82) is 0 Å². The number of hydrogen-bond acceptors (Lipinski definition) is 4. The number of anilines is 1. The van der Waals surface area contributed by atoms with Gasteiger partial charge in [0.2, 0.25) is 0 Å². The predicted molar refractivity (Wildman–Crippen MR) is 55.3 cm³/mol. The number of pyridine rings is 1. The number of aliphatic hydroxyl groups excluding tert-OH is 1. The molecule has 0 radical (unpaired) electrons. The molecule has 0 aliphatic rings. The van der Waals surface area contributed by atoms with Crippen LogP contribution in [0.5, 0.6) is 0 Å². The molecule has 0 aliphatic heterocycles. The molecule has 0 aliphatic carbocycles. The van der Waals surface area contributed by atoms with Crippen LogP contribution in [0.25, 0.3) is 0 Å². The second-order valence-corrected chi connectivity index (χ2v) is 3.02. The first-order valence-electron chi connectivity index (χ1n) is 4.58. The standard InChI is InChI=1S/C10H16N2O2/c1-8-9(7-13)3-4-10(12-8)11-5-6-14-2/h3-4,13H,5-7H2,1-2H3,(H,11,12). The molecule has 78 valence electrons. The lowest BCUT2D eigenvalue weighted by molar-refractivity contribution is 0.210. The molecule has 0 aromatic carbocycles. The van der Waals surface area contributed by atoms with Gasteiger partial charge >= 0.3 is 0 Å².